The van der Waals surface area contributed by atoms with E-state index in [-0.39, 0.29) is 16.8 Å². The zero-order valence-corrected chi connectivity index (χ0v) is 15.6. The van der Waals surface area contributed by atoms with Crippen LogP contribution in [-0.4, -0.2) is 20.9 Å². The number of rotatable bonds is 3. The minimum atomic E-state index is -3.62. The molecule has 0 aromatic heterocycles. The maximum Gasteiger partial charge on any atom is 0.241 e. The Balaban J connectivity index is 1.62. The number of carbonyl (C=O) groups is 1. The van der Waals surface area contributed by atoms with E-state index in [0.717, 1.165) is 36.1 Å². The molecule has 2 aromatic carbocycles. The van der Waals surface area contributed by atoms with Crippen LogP contribution in [0.15, 0.2) is 47.4 Å². The predicted octanol–water partition coefficient (Wildman–Crippen LogP) is 2.95. The first-order valence-corrected chi connectivity index (χ1v) is 10.5. The van der Waals surface area contributed by atoms with Crippen molar-refractivity contribution in [3.63, 3.8) is 0 Å². The maximum atomic E-state index is 12.9. The fourth-order valence-electron chi connectivity index (χ4n) is 4.00. The van der Waals surface area contributed by atoms with Crippen LogP contribution in [0.5, 0.6) is 0 Å². The average molecular weight is 370 g/mol. The van der Waals surface area contributed by atoms with Crippen molar-refractivity contribution in [3.8, 4) is 0 Å². The molecule has 136 valence electrons. The summed E-state index contributed by atoms with van der Waals surface area (Å²) in [6.45, 7) is 2.14. The molecule has 2 aromatic rings. The first-order chi connectivity index (χ1) is 12.5. The monoisotopic (exact) mass is 370 g/mol. The van der Waals surface area contributed by atoms with Gasteiger partial charge in [0.05, 0.1) is 4.90 Å². The van der Waals surface area contributed by atoms with Crippen LogP contribution in [0, 0.1) is 0 Å². The normalized spacial score (nSPS) is 19.1. The Hall–Kier alpha value is -2.18. The number of hydrogen-bond acceptors (Lipinski definition) is 3. The Kier molecular flexibility index (Phi) is 4.32. The van der Waals surface area contributed by atoms with Crippen LogP contribution in [0.4, 0.5) is 5.69 Å². The molecule has 2 aliphatic rings. The van der Waals surface area contributed by atoms with E-state index in [1.165, 1.54) is 12.5 Å². The van der Waals surface area contributed by atoms with E-state index in [0.29, 0.717) is 13.0 Å². The third-order valence-corrected chi connectivity index (χ3v) is 6.77. The largest absolute Gasteiger partial charge is 0.312 e. The van der Waals surface area contributed by atoms with Crippen molar-refractivity contribution in [3.05, 3.63) is 59.2 Å². The zero-order chi connectivity index (χ0) is 18.3. The Morgan fingerprint density at radius 1 is 1.12 bits per heavy atom. The van der Waals surface area contributed by atoms with Gasteiger partial charge in [0.1, 0.15) is 0 Å². The number of sulfonamides is 1. The summed E-state index contributed by atoms with van der Waals surface area (Å²) in [6, 6.07) is 12.9. The third kappa shape index (κ3) is 3.04. The standard InChI is InChI=1S/C20H22N2O3S/c1-14(23)22-12-11-16-13-17(9-10-20(16)22)26(24,25)21-19-8-4-6-15-5-2-3-7-18(15)19/h2-3,5,7,9-10,13,19,21H,4,6,8,11-12H2,1H3. The molecule has 5 nitrogen and oxygen atoms in total. The van der Waals surface area contributed by atoms with Gasteiger partial charge in [0.2, 0.25) is 15.9 Å². The summed E-state index contributed by atoms with van der Waals surface area (Å²) in [5, 5.41) is 0. The lowest BCUT2D eigenvalue weighted by Crippen LogP contribution is -2.31. The number of hydrogen-bond donors (Lipinski definition) is 1. The van der Waals surface area contributed by atoms with E-state index in [9.17, 15) is 13.2 Å². The van der Waals surface area contributed by atoms with Gasteiger partial charge in [0.25, 0.3) is 0 Å². The van der Waals surface area contributed by atoms with Gasteiger partial charge in [-0.25, -0.2) is 13.1 Å². The maximum absolute atomic E-state index is 12.9. The highest BCUT2D eigenvalue weighted by molar-refractivity contribution is 7.89. The highest BCUT2D eigenvalue weighted by atomic mass is 32.2. The molecule has 1 unspecified atom stereocenters. The van der Waals surface area contributed by atoms with E-state index in [1.54, 1.807) is 23.1 Å². The molecule has 0 fully saturated rings. The molecule has 0 saturated heterocycles. The highest BCUT2D eigenvalue weighted by Crippen LogP contribution is 2.33. The van der Waals surface area contributed by atoms with Crippen molar-refractivity contribution in [1.29, 1.82) is 0 Å². The SMILES string of the molecule is CC(=O)N1CCc2cc(S(=O)(=O)NC3CCCc4ccccc43)ccc21. The van der Waals surface area contributed by atoms with Crippen molar-refractivity contribution < 1.29 is 13.2 Å². The van der Waals surface area contributed by atoms with Crippen molar-refractivity contribution in [2.45, 2.75) is 43.5 Å². The Morgan fingerprint density at radius 2 is 1.92 bits per heavy atom. The highest BCUT2D eigenvalue weighted by Gasteiger charge is 2.28. The molecule has 1 aliphatic heterocycles. The topological polar surface area (TPSA) is 66.5 Å². The molecule has 0 bridgehead atoms. The summed E-state index contributed by atoms with van der Waals surface area (Å²) < 4.78 is 28.8. The van der Waals surface area contributed by atoms with Crippen LogP contribution in [-0.2, 0) is 27.7 Å². The lowest BCUT2D eigenvalue weighted by atomic mass is 9.88. The lowest BCUT2D eigenvalue weighted by molar-refractivity contribution is -0.116. The Bertz CT molecular complexity index is 969. The molecule has 0 spiro atoms. The van der Waals surface area contributed by atoms with Gasteiger partial charge in [-0.2, -0.15) is 0 Å². The lowest BCUT2D eigenvalue weighted by Gasteiger charge is -2.26. The molecule has 4 rings (SSSR count). The van der Waals surface area contributed by atoms with Crippen molar-refractivity contribution in [2.24, 2.45) is 0 Å². The van der Waals surface area contributed by atoms with Crippen LogP contribution in [0.1, 0.15) is 42.5 Å². The number of carbonyl (C=O) groups excluding carboxylic acids is 1. The van der Waals surface area contributed by atoms with E-state index in [2.05, 4.69) is 10.8 Å². The van der Waals surface area contributed by atoms with Gasteiger partial charge in [-0.1, -0.05) is 24.3 Å². The van der Waals surface area contributed by atoms with Gasteiger partial charge in [-0.3, -0.25) is 4.79 Å². The Labute approximate surface area is 154 Å². The number of amides is 1. The van der Waals surface area contributed by atoms with Gasteiger partial charge in [-0.15, -0.1) is 0 Å². The van der Waals surface area contributed by atoms with Gasteiger partial charge in [0.15, 0.2) is 0 Å². The third-order valence-electron chi connectivity index (χ3n) is 5.30. The summed E-state index contributed by atoms with van der Waals surface area (Å²) in [4.78, 5) is 13.6. The van der Waals surface area contributed by atoms with Crippen LogP contribution >= 0.6 is 0 Å². The van der Waals surface area contributed by atoms with Crippen LogP contribution in [0.3, 0.4) is 0 Å². The van der Waals surface area contributed by atoms with Crippen LogP contribution in [0.2, 0.25) is 0 Å². The summed E-state index contributed by atoms with van der Waals surface area (Å²) in [6.07, 6.45) is 3.46. The molecule has 1 atom stereocenters. The fraction of sp³-hybridized carbons (Fsp3) is 0.350. The number of fused-ring (bicyclic) bond motifs is 2. The molecule has 0 saturated carbocycles. The number of nitrogens with one attached hydrogen (secondary N) is 1. The van der Waals surface area contributed by atoms with E-state index in [1.807, 2.05) is 18.2 Å². The second-order valence-corrected chi connectivity index (χ2v) is 8.69. The first-order valence-electron chi connectivity index (χ1n) is 8.97. The molecule has 1 aliphatic carbocycles. The van der Waals surface area contributed by atoms with Gasteiger partial charge in [-0.05, 0) is 60.6 Å². The molecule has 1 heterocycles. The second-order valence-electron chi connectivity index (χ2n) is 6.98. The minimum absolute atomic E-state index is 0.0173. The van der Waals surface area contributed by atoms with Gasteiger partial charge >= 0.3 is 0 Å². The van der Waals surface area contributed by atoms with Crippen molar-refractivity contribution in [1.82, 2.24) is 4.72 Å². The summed E-state index contributed by atoms with van der Waals surface area (Å²) in [5.41, 5.74) is 4.02. The summed E-state index contributed by atoms with van der Waals surface area (Å²) >= 11 is 0. The van der Waals surface area contributed by atoms with E-state index >= 15 is 0 Å². The fourth-order valence-corrected chi connectivity index (χ4v) is 5.30. The molecule has 26 heavy (non-hydrogen) atoms. The van der Waals surface area contributed by atoms with Crippen molar-refractivity contribution >= 4 is 21.6 Å². The number of aryl methyl sites for hydroxylation is 1. The Morgan fingerprint density at radius 3 is 2.73 bits per heavy atom. The molecule has 1 amide bonds. The molecule has 0 radical (unpaired) electrons. The summed E-state index contributed by atoms with van der Waals surface area (Å²) in [5.74, 6) is -0.0173. The molecular weight excluding hydrogens is 348 g/mol. The molecule has 6 heteroatoms. The molecule has 1 N–H and O–H groups in total. The van der Waals surface area contributed by atoms with Gasteiger partial charge < -0.3 is 4.90 Å². The molecular formula is C20H22N2O3S. The predicted molar refractivity (Wildman–Crippen MR) is 101 cm³/mol. The number of anilines is 1. The van der Waals surface area contributed by atoms with Crippen molar-refractivity contribution in [2.75, 3.05) is 11.4 Å². The van der Waals surface area contributed by atoms with E-state index in [4.69, 9.17) is 0 Å². The summed E-state index contributed by atoms with van der Waals surface area (Å²) in [7, 11) is -3.62. The number of nitrogens with zero attached hydrogens (tertiary/aromatic N) is 1. The smallest absolute Gasteiger partial charge is 0.241 e. The van der Waals surface area contributed by atoms with E-state index < -0.39 is 10.0 Å². The minimum Gasteiger partial charge on any atom is -0.312 e. The van der Waals surface area contributed by atoms with Crippen LogP contribution in [0.25, 0.3) is 0 Å². The quantitative estimate of drug-likeness (QED) is 0.903. The second kappa shape index (κ2) is 6.52. The van der Waals surface area contributed by atoms with Crippen LogP contribution < -0.4 is 9.62 Å². The zero-order valence-electron chi connectivity index (χ0n) is 14.7. The number of benzene rings is 2. The van der Waals surface area contributed by atoms with Gasteiger partial charge in [0, 0.05) is 25.2 Å². The average Bonchev–Trinajstić information content (AvgIpc) is 3.05. The first kappa shape index (κ1) is 17.2.